The normalized spacial score (nSPS) is 14.1. The minimum absolute atomic E-state index is 0.0770. The van der Waals surface area contributed by atoms with Crippen LogP contribution in [0.3, 0.4) is 0 Å². The summed E-state index contributed by atoms with van der Waals surface area (Å²) in [4.78, 5) is 22.0. The Bertz CT molecular complexity index is 503. The predicted octanol–water partition coefficient (Wildman–Crippen LogP) is 1.20. The minimum atomic E-state index is -1.18. The Kier molecular flexibility index (Phi) is 2.65. The monoisotopic (exact) mass is 236 g/mol. The highest BCUT2D eigenvalue weighted by atomic mass is 16.7. The molecule has 7 heteroatoms. The molecule has 0 amide bonds. The van der Waals surface area contributed by atoms with Crippen LogP contribution >= 0.6 is 0 Å². The van der Waals surface area contributed by atoms with Crippen molar-refractivity contribution in [3.8, 4) is 0 Å². The zero-order chi connectivity index (χ0) is 12.4. The molecule has 0 spiro atoms. The number of nitrogens with two attached hydrogens (primary N) is 1. The number of nitrogen functional groups attached to an aromatic ring is 1. The fourth-order valence-electron chi connectivity index (χ4n) is 1.45. The van der Waals surface area contributed by atoms with Crippen molar-refractivity contribution in [3.05, 3.63) is 46.4 Å². The van der Waals surface area contributed by atoms with Crippen molar-refractivity contribution in [1.29, 1.82) is 0 Å². The number of Topliss-reactive ketones (excluding diaryl/α,β-unsaturated/α-hetero) is 1. The van der Waals surface area contributed by atoms with Crippen molar-refractivity contribution in [2.24, 2.45) is 0 Å². The molecule has 0 saturated carbocycles. The van der Waals surface area contributed by atoms with Gasteiger partial charge in [-0.05, 0) is 12.1 Å². The molecular weight excluding hydrogens is 228 g/mol. The third kappa shape index (κ3) is 1.89. The van der Waals surface area contributed by atoms with E-state index in [-0.39, 0.29) is 11.3 Å². The van der Waals surface area contributed by atoms with Gasteiger partial charge in [0.05, 0.1) is 4.92 Å². The molecule has 0 aromatic heterocycles. The first kappa shape index (κ1) is 10.9. The predicted molar refractivity (Wildman–Crippen MR) is 56.9 cm³/mol. The molecule has 2 rings (SSSR count). The second-order valence-electron chi connectivity index (χ2n) is 3.24. The molecule has 1 aliphatic rings. The van der Waals surface area contributed by atoms with E-state index in [1.54, 1.807) is 0 Å². The lowest BCUT2D eigenvalue weighted by Gasteiger charge is -2.09. The van der Waals surface area contributed by atoms with Crippen molar-refractivity contribution in [1.82, 2.24) is 0 Å². The van der Waals surface area contributed by atoms with Crippen LogP contribution in [0, 0.1) is 10.1 Å². The maximum atomic E-state index is 11.9. The Labute approximate surface area is 95.6 Å². The molecule has 1 aromatic carbocycles. The van der Waals surface area contributed by atoms with Crippen LogP contribution in [0.25, 0.3) is 0 Å². The standard InChI is InChI=1S/C10H8N2O5/c11-7-3-1-2-6(8(7)12(14)15)9(13)10-16-4-5-17-10/h1-5,10H,11H2. The van der Waals surface area contributed by atoms with Gasteiger partial charge in [0.25, 0.3) is 5.78 Å². The number of hydrogen-bond donors (Lipinski definition) is 1. The van der Waals surface area contributed by atoms with Gasteiger partial charge >= 0.3 is 12.0 Å². The van der Waals surface area contributed by atoms with Crippen LogP contribution < -0.4 is 5.73 Å². The first-order valence-corrected chi connectivity index (χ1v) is 4.64. The van der Waals surface area contributed by atoms with E-state index in [0.29, 0.717) is 0 Å². The topological polar surface area (TPSA) is 105 Å². The van der Waals surface area contributed by atoms with Crippen LogP contribution in [0.4, 0.5) is 11.4 Å². The van der Waals surface area contributed by atoms with Crippen LogP contribution in [-0.2, 0) is 9.47 Å². The van der Waals surface area contributed by atoms with Crippen molar-refractivity contribution in [2.45, 2.75) is 6.29 Å². The summed E-state index contributed by atoms with van der Waals surface area (Å²) in [5, 5.41) is 10.8. The van der Waals surface area contributed by atoms with Gasteiger partial charge in [-0.2, -0.15) is 0 Å². The van der Waals surface area contributed by atoms with Crippen molar-refractivity contribution >= 4 is 17.2 Å². The first-order chi connectivity index (χ1) is 8.11. The zero-order valence-electron chi connectivity index (χ0n) is 8.53. The van der Waals surface area contributed by atoms with Crippen molar-refractivity contribution < 1.29 is 19.2 Å². The minimum Gasteiger partial charge on any atom is -0.452 e. The Balaban J connectivity index is 2.41. The lowest BCUT2D eigenvalue weighted by atomic mass is 10.1. The number of para-hydroxylation sites is 1. The van der Waals surface area contributed by atoms with E-state index in [2.05, 4.69) is 0 Å². The maximum Gasteiger partial charge on any atom is 0.304 e. The number of benzene rings is 1. The first-order valence-electron chi connectivity index (χ1n) is 4.64. The molecule has 17 heavy (non-hydrogen) atoms. The number of hydrogen-bond acceptors (Lipinski definition) is 6. The summed E-state index contributed by atoms with van der Waals surface area (Å²) in [6, 6.07) is 4.11. The molecule has 0 bridgehead atoms. The molecule has 0 aliphatic carbocycles. The molecule has 1 heterocycles. The van der Waals surface area contributed by atoms with Gasteiger partial charge in [-0.15, -0.1) is 0 Å². The van der Waals surface area contributed by atoms with E-state index in [1.807, 2.05) is 0 Å². The number of rotatable bonds is 3. The Morgan fingerprint density at radius 3 is 2.59 bits per heavy atom. The third-order valence-electron chi connectivity index (χ3n) is 2.19. The summed E-state index contributed by atoms with van der Waals surface area (Å²) in [6.07, 6.45) is 1.21. The van der Waals surface area contributed by atoms with E-state index in [1.165, 1.54) is 30.7 Å². The van der Waals surface area contributed by atoms with Gasteiger partial charge in [0, 0.05) is 0 Å². The van der Waals surface area contributed by atoms with Gasteiger partial charge in [0.15, 0.2) is 0 Å². The summed E-state index contributed by atoms with van der Waals surface area (Å²) in [5.41, 5.74) is 4.82. The lowest BCUT2D eigenvalue weighted by Crippen LogP contribution is -2.22. The van der Waals surface area contributed by atoms with Gasteiger partial charge in [-0.1, -0.05) is 6.07 Å². The van der Waals surface area contributed by atoms with E-state index >= 15 is 0 Å². The molecule has 0 fully saturated rings. The molecule has 1 aliphatic heterocycles. The van der Waals surface area contributed by atoms with Gasteiger partial charge in [-0.25, -0.2) is 0 Å². The van der Waals surface area contributed by atoms with Crippen LogP contribution in [0.15, 0.2) is 30.7 Å². The summed E-state index contributed by atoms with van der Waals surface area (Å²) < 4.78 is 9.66. The second-order valence-corrected chi connectivity index (χ2v) is 3.24. The van der Waals surface area contributed by atoms with Gasteiger partial charge < -0.3 is 15.2 Å². The maximum absolute atomic E-state index is 11.9. The van der Waals surface area contributed by atoms with E-state index in [4.69, 9.17) is 15.2 Å². The summed E-state index contributed by atoms with van der Waals surface area (Å²) in [5.74, 6) is -0.644. The number of nitrogens with zero attached hydrogens (tertiary/aromatic N) is 1. The summed E-state index contributed by atoms with van der Waals surface area (Å²) in [7, 11) is 0. The van der Waals surface area contributed by atoms with Crippen LogP contribution in [0.2, 0.25) is 0 Å². The SMILES string of the molecule is Nc1cccc(C(=O)C2OC=CO2)c1[N+](=O)[O-]. The van der Waals surface area contributed by atoms with E-state index in [0.717, 1.165) is 0 Å². The Morgan fingerprint density at radius 1 is 1.35 bits per heavy atom. The average molecular weight is 236 g/mol. The van der Waals surface area contributed by atoms with Crippen LogP contribution in [0.5, 0.6) is 0 Å². The van der Waals surface area contributed by atoms with E-state index in [9.17, 15) is 14.9 Å². The lowest BCUT2D eigenvalue weighted by molar-refractivity contribution is -0.384. The number of carbonyl (C=O) groups is 1. The van der Waals surface area contributed by atoms with E-state index < -0.39 is 22.7 Å². The van der Waals surface area contributed by atoms with Crippen molar-refractivity contribution in [3.63, 3.8) is 0 Å². The van der Waals surface area contributed by atoms with Gasteiger partial charge in [0.1, 0.15) is 23.8 Å². The number of carbonyl (C=O) groups excluding carboxylic acids is 1. The van der Waals surface area contributed by atoms with Crippen molar-refractivity contribution in [2.75, 3.05) is 5.73 Å². The smallest absolute Gasteiger partial charge is 0.304 e. The summed E-state index contributed by atoms with van der Waals surface area (Å²) >= 11 is 0. The number of ether oxygens (including phenoxy) is 2. The fraction of sp³-hybridized carbons (Fsp3) is 0.100. The third-order valence-corrected chi connectivity index (χ3v) is 2.19. The highest BCUT2D eigenvalue weighted by Gasteiger charge is 2.31. The quantitative estimate of drug-likeness (QED) is 0.366. The highest BCUT2D eigenvalue weighted by Crippen LogP contribution is 2.28. The van der Waals surface area contributed by atoms with Gasteiger partial charge in [0.2, 0.25) is 0 Å². The van der Waals surface area contributed by atoms with Crippen LogP contribution in [-0.4, -0.2) is 17.0 Å². The number of nitro groups is 1. The van der Waals surface area contributed by atoms with Gasteiger partial charge in [-0.3, -0.25) is 14.9 Å². The molecule has 0 radical (unpaired) electrons. The molecule has 2 N–H and O–H groups in total. The largest absolute Gasteiger partial charge is 0.452 e. The average Bonchev–Trinajstić information content (AvgIpc) is 2.80. The number of anilines is 1. The molecule has 0 unspecified atom stereocenters. The Morgan fingerprint density at radius 2 is 2.00 bits per heavy atom. The number of nitro benzene ring substituents is 1. The summed E-state index contributed by atoms with van der Waals surface area (Å²) in [6.45, 7) is 0. The molecular formula is C10H8N2O5. The number of ketones is 1. The molecule has 1 aromatic rings. The zero-order valence-corrected chi connectivity index (χ0v) is 8.53. The molecule has 7 nitrogen and oxygen atoms in total. The highest BCUT2D eigenvalue weighted by molar-refractivity contribution is 6.04. The molecule has 0 saturated heterocycles. The fourth-order valence-corrected chi connectivity index (χ4v) is 1.45. The molecule has 88 valence electrons. The van der Waals surface area contributed by atoms with Crippen LogP contribution in [0.1, 0.15) is 10.4 Å². The second kappa shape index (κ2) is 4.12. The Hall–Kier alpha value is -2.57. The molecule has 0 atom stereocenters.